The van der Waals surface area contributed by atoms with Crippen LogP contribution in [0.2, 0.25) is 6.04 Å². The third kappa shape index (κ3) is 1.41. The SMILES string of the molecule is C=C[Si]1(C=C)CCCO[Si]1(C=C)C=C. The van der Waals surface area contributed by atoms with E-state index in [1.54, 1.807) is 0 Å². The molecule has 1 nitrogen and oxygen atoms in total. The fourth-order valence-electron chi connectivity index (χ4n) is 2.12. The van der Waals surface area contributed by atoms with Crippen molar-refractivity contribution in [1.82, 2.24) is 0 Å². The van der Waals surface area contributed by atoms with Gasteiger partial charge < -0.3 is 4.43 Å². The van der Waals surface area contributed by atoms with Gasteiger partial charge in [0.2, 0.25) is 7.83 Å². The second-order valence-electron chi connectivity index (χ2n) is 3.60. The molecular weight excluding hydrogens is 204 g/mol. The molecule has 1 heterocycles. The average molecular weight is 222 g/mol. The molecule has 1 fully saturated rings. The lowest BCUT2D eigenvalue weighted by molar-refractivity contribution is 0.315. The Morgan fingerprint density at radius 2 is 1.50 bits per heavy atom. The highest BCUT2D eigenvalue weighted by atomic mass is 29.3. The van der Waals surface area contributed by atoms with Crippen LogP contribution in [0.3, 0.4) is 0 Å². The van der Waals surface area contributed by atoms with Gasteiger partial charge in [-0.3, -0.25) is 0 Å². The van der Waals surface area contributed by atoms with Crippen LogP contribution in [0.15, 0.2) is 49.1 Å². The Morgan fingerprint density at radius 3 is 1.86 bits per heavy atom. The molecule has 0 radical (unpaired) electrons. The van der Waals surface area contributed by atoms with Crippen molar-refractivity contribution in [2.24, 2.45) is 0 Å². The first kappa shape index (κ1) is 11.4. The summed E-state index contributed by atoms with van der Waals surface area (Å²) in [7, 11) is -3.68. The van der Waals surface area contributed by atoms with Gasteiger partial charge in [0.25, 0.3) is 0 Å². The Labute approximate surface area is 88.4 Å². The summed E-state index contributed by atoms with van der Waals surface area (Å²) in [6.45, 7) is 16.6. The third-order valence-electron chi connectivity index (χ3n) is 3.14. The van der Waals surface area contributed by atoms with Crippen LogP contribution < -0.4 is 0 Å². The molecule has 3 heteroatoms. The molecule has 1 rings (SSSR count). The smallest absolute Gasteiger partial charge is 0.234 e. The molecule has 0 bridgehead atoms. The first-order chi connectivity index (χ1) is 6.70. The Balaban J connectivity index is 3.21. The van der Waals surface area contributed by atoms with Crippen LogP contribution in [-0.4, -0.2) is 22.0 Å². The van der Waals surface area contributed by atoms with E-state index in [1.807, 2.05) is 11.4 Å². The zero-order valence-electron chi connectivity index (χ0n) is 8.67. The van der Waals surface area contributed by atoms with E-state index in [4.69, 9.17) is 4.43 Å². The van der Waals surface area contributed by atoms with Crippen molar-refractivity contribution in [3.8, 4) is 0 Å². The summed E-state index contributed by atoms with van der Waals surface area (Å²) in [5.41, 5.74) is 8.17. The zero-order valence-corrected chi connectivity index (χ0v) is 10.7. The number of rotatable bonds is 4. The lowest BCUT2D eigenvalue weighted by atomic mass is 10.5. The molecule has 1 saturated heterocycles. The molecule has 0 aromatic rings. The van der Waals surface area contributed by atoms with Gasteiger partial charge >= 0.3 is 0 Å². The molecular formula is C11H18OSi2. The highest BCUT2D eigenvalue weighted by Crippen LogP contribution is 2.33. The molecule has 76 valence electrons. The molecule has 0 saturated carbocycles. The summed E-state index contributed by atoms with van der Waals surface area (Å²) in [5, 5.41) is 0. The molecule has 0 unspecified atom stereocenters. The largest absolute Gasteiger partial charge is 0.411 e. The molecule has 0 aromatic heterocycles. The maximum atomic E-state index is 5.98. The molecule has 1 aliphatic heterocycles. The molecule has 14 heavy (non-hydrogen) atoms. The van der Waals surface area contributed by atoms with E-state index >= 15 is 0 Å². The first-order valence-electron chi connectivity index (χ1n) is 4.88. The summed E-state index contributed by atoms with van der Waals surface area (Å²) in [6.07, 6.45) is 1.11. The van der Waals surface area contributed by atoms with Crippen molar-refractivity contribution < 1.29 is 4.43 Å². The number of hydrogen-bond donors (Lipinski definition) is 0. The normalized spacial score (nSPS) is 23.4. The van der Waals surface area contributed by atoms with Gasteiger partial charge in [0.15, 0.2) is 0 Å². The van der Waals surface area contributed by atoms with Gasteiger partial charge in [-0.25, -0.2) is 0 Å². The third-order valence-corrected chi connectivity index (χ3v) is 17.1. The van der Waals surface area contributed by atoms with Gasteiger partial charge in [0.05, 0.1) is 0 Å². The summed E-state index contributed by atoms with van der Waals surface area (Å²) < 4.78 is 5.98. The maximum Gasteiger partial charge on any atom is 0.234 e. The molecule has 0 amide bonds. The van der Waals surface area contributed by atoms with Crippen LogP contribution in [0.5, 0.6) is 0 Å². The van der Waals surface area contributed by atoms with Crippen molar-refractivity contribution in [3.63, 3.8) is 0 Å². The highest BCUT2D eigenvalue weighted by molar-refractivity contribution is 7.47. The van der Waals surface area contributed by atoms with Gasteiger partial charge in [-0.2, -0.15) is 0 Å². The lowest BCUT2D eigenvalue weighted by Gasteiger charge is -2.43. The number of hydrogen-bond acceptors (Lipinski definition) is 1. The molecule has 0 atom stereocenters. The Morgan fingerprint density at radius 1 is 0.929 bits per heavy atom. The minimum Gasteiger partial charge on any atom is -0.411 e. The summed E-state index contributed by atoms with van der Waals surface area (Å²) in [5.74, 6) is 0. The zero-order chi connectivity index (χ0) is 10.7. The monoisotopic (exact) mass is 222 g/mol. The van der Waals surface area contributed by atoms with Gasteiger partial charge in [-0.15, -0.1) is 26.3 Å². The van der Waals surface area contributed by atoms with E-state index < -0.39 is 15.4 Å². The van der Waals surface area contributed by atoms with E-state index in [9.17, 15) is 0 Å². The topological polar surface area (TPSA) is 9.23 Å². The van der Waals surface area contributed by atoms with Crippen molar-refractivity contribution >= 4 is 15.4 Å². The Bertz CT molecular complexity index is 226. The predicted octanol–water partition coefficient (Wildman–Crippen LogP) is 2.78. The Kier molecular flexibility index (Phi) is 3.47. The van der Waals surface area contributed by atoms with Crippen LogP contribution in [-0.2, 0) is 4.43 Å². The van der Waals surface area contributed by atoms with E-state index in [-0.39, 0.29) is 0 Å². The first-order valence-corrected chi connectivity index (χ1v) is 10.3. The van der Waals surface area contributed by atoms with Crippen LogP contribution in [0, 0.1) is 0 Å². The molecule has 0 N–H and O–H groups in total. The highest BCUT2D eigenvalue weighted by Gasteiger charge is 2.51. The molecule has 0 spiro atoms. The van der Waals surface area contributed by atoms with Crippen molar-refractivity contribution in [2.45, 2.75) is 12.5 Å². The summed E-state index contributed by atoms with van der Waals surface area (Å²) in [4.78, 5) is 0. The van der Waals surface area contributed by atoms with Crippen molar-refractivity contribution in [2.75, 3.05) is 6.61 Å². The van der Waals surface area contributed by atoms with Gasteiger partial charge in [0, 0.05) is 6.61 Å². The standard InChI is InChI=1S/C11H18OSi2/c1-5-13(6-2)11-9-10-12-14(13,7-3)8-4/h5-8H,1-4,9-11H2. The van der Waals surface area contributed by atoms with E-state index in [0.29, 0.717) is 0 Å². The van der Waals surface area contributed by atoms with E-state index in [1.165, 1.54) is 6.04 Å². The fourth-order valence-corrected chi connectivity index (χ4v) is 13.4. The van der Waals surface area contributed by atoms with Gasteiger partial charge in [-0.1, -0.05) is 22.8 Å². The van der Waals surface area contributed by atoms with Crippen LogP contribution >= 0.6 is 0 Å². The molecule has 0 aromatic carbocycles. The summed E-state index contributed by atoms with van der Waals surface area (Å²) in [6, 6.07) is 1.18. The maximum absolute atomic E-state index is 5.98. The Hall–Kier alpha value is -0.646. The van der Waals surface area contributed by atoms with Crippen LogP contribution in [0.4, 0.5) is 0 Å². The van der Waals surface area contributed by atoms with Gasteiger partial charge in [0.1, 0.15) is 7.59 Å². The molecule has 1 aliphatic rings. The van der Waals surface area contributed by atoms with Crippen molar-refractivity contribution in [1.29, 1.82) is 0 Å². The van der Waals surface area contributed by atoms with Crippen molar-refractivity contribution in [3.05, 3.63) is 49.1 Å². The van der Waals surface area contributed by atoms with Gasteiger partial charge in [-0.05, 0) is 12.5 Å². The van der Waals surface area contributed by atoms with E-state index in [0.717, 1.165) is 13.0 Å². The average Bonchev–Trinajstić information content (AvgIpc) is 2.28. The minimum absolute atomic E-state index is 0.834. The molecule has 0 aliphatic carbocycles. The summed E-state index contributed by atoms with van der Waals surface area (Å²) >= 11 is 0. The minimum atomic E-state index is -1.98. The van der Waals surface area contributed by atoms with Crippen LogP contribution in [0.25, 0.3) is 0 Å². The predicted molar refractivity (Wildman–Crippen MR) is 67.7 cm³/mol. The quantitative estimate of drug-likeness (QED) is 0.665. The second-order valence-corrected chi connectivity index (χ2v) is 14.8. The lowest BCUT2D eigenvalue weighted by Crippen LogP contribution is -2.63. The van der Waals surface area contributed by atoms with E-state index in [2.05, 4.69) is 37.7 Å². The second kappa shape index (κ2) is 4.25. The van der Waals surface area contributed by atoms with Crippen LogP contribution in [0.1, 0.15) is 6.42 Å². The fraction of sp³-hybridized carbons (Fsp3) is 0.273.